The van der Waals surface area contributed by atoms with E-state index in [9.17, 15) is 0 Å². The summed E-state index contributed by atoms with van der Waals surface area (Å²) in [6, 6.07) is 5.31. The number of aromatic nitrogens is 1. The number of rotatable bonds is 1. The maximum atomic E-state index is 5.76. The van der Waals surface area contributed by atoms with Gasteiger partial charge in [0.25, 0.3) is 0 Å². The van der Waals surface area contributed by atoms with E-state index in [1.165, 1.54) is 0 Å². The summed E-state index contributed by atoms with van der Waals surface area (Å²) in [7, 11) is 0. The third-order valence-electron chi connectivity index (χ3n) is 1.54. The number of fused-ring (bicyclic) bond motifs is 1. The first kappa shape index (κ1) is 7.37. The van der Waals surface area contributed by atoms with E-state index in [2.05, 4.69) is 11.6 Å². The minimum atomic E-state index is 0.521. The molecule has 0 spiro atoms. The van der Waals surface area contributed by atoms with Crippen LogP contribution in [0.1, 0.15) is 5.89 Å². The molecule has 0 atom stereocenters. The topological polar surface area (TPSA) is 26.0 Å². The molecule has 2 aromatic rings. The number of hydrogen-bond donors (Lipinski definition) is 0. The third-order valence-corrected chi connectivity index (χ3v) is 1.78. The van der Waals surface area contributed by atoms with Crippen molar-refractivity contribution in [2.24, 2.45) is 0 Å². The average molecular weight is 180 g/mol. The second kappa shape index (κ2) is 2.64. The summed E-state index contributed by atoms with van der Waals surface area (Å²) in [5, 5.41) is 0.659. The van der Waals surface area contributed by atoms with Crippen molar-refractivity contribution in [3.05, 3.63) is 35.7 Å². The lowest BCUT2D eigenvalue weighted by atomic mass is 10.3. The lowest BCUT2D eigenvalue weighted by molar-refractivity contribution is 0.589. The predicted molar refractivity (Wildman–Crippen MR) is 49.1 cm³/mol. The molecular weight excluding hydrogens is 174 g/mol. The number of nitrogens with zero attached hydrogens (tertiary/aromatic N) is 1. The summed E-state index contributed by atoms with van der Waals surface area (Å²) in [6.45, 7) is 3.56. The van der Waals surface area contributed by atoms with Crippen LogP contribution in [0.4, 0.5) is 0 Å². The monoisotopic (exact) mass is 179 g/mol. The molecule has 2 nitrogen and oxygen atoms in total. The van der Waals surface area contributed by atoms with E-state index >= 15 is 0 Å². The Bertz CT molecular complexity index is 433. The Kier molecular flexibility index (Phi) is 1.62. The second-order valence-corrected chi connectivity index (χ2v) is 2.80. The fourth-order valence-corrected chi connectivity index (χ4v) is 1.17. The smallest absolute Gasteiger partial charge is 0.219 e. The first-order chi connectivity index (χ1) is 5.79. The summed E-state index contributed by atoms with van der Waals surface area (Å²) in [5.41, 5.74) is 1.49. The Morgan fingerprint density at radius 2 is 2.33 bits per heavy atom. The molecular formula is C9H6ClNO. The van der Waals surface area contributed by atoms with Crippen LogP contribution < -0.4 is 0 Å². The first-order valence-corrected chi connectivity index (χ1v) is 3.86. The molecule has 1 aromatic heterocycles. The van der Waals surface area contributed by atoms with Crippen molar-refractivity contribution in [3.8, 4) is 0 Å². The lowest BCUT2D eigenvalue weighted by Gasteiger charge is -1.85. The van der Waals surface area contributed by atoms with E-state index in [4.69, 9.17) is 16.0 Å². The molecule has 1 aromatic carbocycles. The molecule has 0 N–H and O–H groups in total. The Morgan fingerprint density at radius 3 is 3.08 bits per heavy atom. The van der Waals surface area contributed by atoms with Crippen LogP contribution in [-0.2, 0) is 0 Å². The van der Waals surface area contributed by atoms with Gasteiger partial charge in [0.2, 0.25) is 5.89 Å². The molecule has 0 aliphatic rings. The van der Waals surface area contributed by atoms with Gasteiger partial charge in [-0.25, -0.2) is 4.98 Å². The van der Waals surface area contributed by atoms with Crippen molar-refractivity contribution in [1.82, 2.24) is 4.98 Å². The van der Waals surface area contributed by atoms with E-state index in [0.717, 1.165) is 11.1 Å². The summed E-state index contributed by atoms with van der Waals surface area (Å²) in [5.74, 6) is 0.521. The number of halogens is 1. The Hall–Kier alpha value is -1.28. The summed E-state index contributed by atoms with van der Waals surface area (Å²) < 4.78 is 5.28. The van der Waals surface area contributed by atoms with Crippen LogP contribution in [0, 0.1) is 0 Å². The van der Waals surface area contributed by atoms with Crippen LogP contribution in [0.3, 0.4) is 0 Å². The zero-order valence-electron chi connectivity index (χ0n) is 6.25. The van der Waals surface area contributed by atoms with Gasteiger partial charge in [-0.15, -0.1) is 0 Å². The maximum absolute atomic E-state index is 5.76. The van der Waals surface area contributed by atoms with Gasteiger partial charge in [0.15, 0.2) is 5.58 Å². The molecule has 0 amide bonds. The fourth-order valence-electron chi connectivity index (χ4n) is 1.01. The van der Waals surface area contributed by atoms with Crippen molar-refractivity contribution < 1.29 is 4.42 Å². The summed E-state index contributed by atoms with van der Waals surface area (Å²) >= 11 is 5.76. The Labute approximate surface area is 74.5 Å². The Balaban J connectivity index is 2.75. The normalized spacial score (nSPS) is 10.4. The molecule has 0 saturated carbocycles. The molecule has 2 rings (SSSR count). The zero-order valence-corrected chi connectivity index (χ0v) is 7.01. The molecule has 0 radical (unpaired) electrons. The van der Waals surface area contributed by atoms with E-state index in [1.807, 2.05) is 0 Å². The molecule has 0 bridgehead atoms. The number of hydrogen-bond acceptors (Lipinski definition) is 2. The van der Waals surface area contributed by atoms with Crippen molar-refractivity contribution in [1.29, 1.82) is 0 Å². The molecule has 60 valence electrons. The SMILES string of the molecule is C=Cc1nc2cc(Cl)ccc2o1. The zero-order chi connectivity index (χ0) is 8.55. The van der Waals surface area contributed by atoms with Crippen LogP contribution in [0.2, 0.25) is 5.02 Å². The molecule has 12 heavy (non-hydrogen) atoms. The van der Waals surface area contributed by atoms with Crippen molar-refractivity contribution >= 4 is 28.8 Å². The van der Waals surface area contributed by atoms with E-state index in [-0.39, 0.29) is 0 Å². The van der Waals surface area contributed by atoms with Crippen LogP contribution in [-0.4, -0.2) is 4.98 Å². The van der Waals surface area contributed by atoms with Crippen molar-refractivity contribution in [3.63, 3.8) is 0 Å². The van der Waals surface area contributed by atoms with Gasteiger partial charge in [-0.2, -0.15) is 0 Å². The third kappa shape index (κ3) is 1.10. The minimum Gasteiger partial charge on any atom is -0.437 e. The molecule has 0 saturated heterocycles. The first-order valence-electron chi connectivity index (χ1n) is 3.48. The molecule has 3 heteroatoms. The van der Waals surface area contributed by atoms with Gasteiger partial charge >= 0.3 is 0 Å². The predicted octanol–water partition coefficient (Wildman–Crippen LogP) is 3.12. The average Bonchev–Trinajstić information content (AvgIpc) is 2.46. The van der Waals surface area contributed by atoms with Gasteiger partial charge in [0.1, 0.15) is 5.52 Å². The molecule has 1 heterocycles. The summed E-state index contributed by atoms with van der Waals surface area (Å²) in [4.78, 5) is 4.12. The second-order valence-electron chi connectivity index (χ2n) is 2.37. The van der Waals surface area contributed by atoms with Gasteiger partial charge in [-0.3, -0.25) is 0 Å². The van der Waals surface area contributed by atoms with Crippen LogP contribution in [0.5, 0.6) is 0 Å². The van der Waals surface area contributed by atoms with Gasteiger partial charge in [0.05, 0.1) is 0 Å². The van der Waals surface area contributed by atoms with Gasteiger partial charge in [-0.1, -0.05) is 18.2 Å². The van der Waals surface area contributed by atoms with E-state index in [1.54, 1.807) is 24.3 Å². The van der Waals surface area contributed by atoms with E-state index < -0.39 is 0 Å². The number of benzene rings is 1. The lowest BCUT2D eigenvalue weighted by Crippen LogP contribution is -1.68. The van der Waals surface area contributed by atoms with Crippen LogP contribution in [0.15, 0.2) is 29.2 Å². The van der Waals surface area contributed by atoms with Gasteiger partial charge < -0.3 is 4.42 Å². The number of oxazole rings is 1. The molecule has 0 fully saturated rings. The van der Waals surface area contributed by atoms with Crippen molar-refractivity contribution in [2.45, 2.75) is 0 Å². The van der Waals surface area contributed by atoms with Crippen molar-refractivity contribution in [2.75, 3.05) is 0 Å². The Morgan fingerprint density at radius 1 is 1.50 bits per heavy atom. The standard InChI is InChI=1S/C9H6ClNO/c1-2-9-11-7-5-6(10)3-4-8(7)12-9/h2-5H,1H2. The quantitative estimate of drug-likeness (QED) is 0.672. The minimum absolute atomic E-state index is 0.521. The molecule has 0 aliphatic heterocycles. The van der Waals surface area contributed by atoms with Gasteiger partial charge in [-0.05, 0) is 24.3 Å². The van der Waals surface area contributed by atoms with E-state index in [0.29, 0.717) is 10.9 Å². The molecule has 0 unspecified atom stereocenters. The molecule has 0 aliphatic carbocycles. The highest BCUT2D eigenvalue weighted by Gasteiger charge is 2.01. The highest BCUT2D eigenvalue weighted by molar-refractivity contribution is 6.31. The van der Waals surface area contributed by atoms with Gasteiger partial charge in [0, 0.05) is 5.02 Å². The van der Waals surface area contributed by atoms with Crippen LogP contribution in [0.25, 0.3) is 17.2 Å². The highest BCUT2D eigenvalue weighted by Crippen LogP contribution is 2.19. The highest BCUT2D eigenvalue weighted by atomic mass is 35.5. The maximum Gasteiger partial charge on any atom is 0.219 e. The van der Waals surface area contributed by atoms with Crippen LogP contribution >= 0.6 is 11.6 Å². The fraction of sp³-hybridized carbons (Fsp3) is 0. The largest absolute Gasteiger partial charge is 0.437 e. The summed E-state index contributed by atoms with van der Waals surface area (Å²) in [6.07, 6.45) is 1.56.